The molecule has 0 aromatic rings. The maximum absolute atomic E-state index is 10.1. The molecule has 0 aliphatic rings. The van der Waals surface area contributed by atoms with E-state index in [0.717, 1.165) is 5.75 Å². The van der Waals surface area contributed by atoms with Crippen LogP contribution in [-0.4, -0.2) is 89.8 Å². The number of hydrogen-bond donors (Lipinski definition) is 1. The Morgan fingerprint density at radius 2 is 1.83 bits per heavy atom. The van der Waals surface area contributed by atoms with Gasteiger partial charge in [-0.3, -0.25) is 4.55 Å². The van der Waals surface area contributed by atoms with Gasteiger partial charge < -0.3 is 0 Å². The first kappa shape index (κ1) is 20.1. The summed E-state index contributed by atoms with van der Waals surface area (Å²) >= 11 is 0. The second-order valence-electron chi connectivity index (χ2n) is 1.63. The molecule has 0 atom stereocenters. The van der Waals surface area contributed by atoms with Crippen LogP contribution in [0.15, 0.2) is 0 Å². The molecule has 0 aromatic carbocycles. The van der Waals surface area contributed by atoms with E-state index in [1.54, 1.807) is 21.6 Å². The molecule has 0 amide bonds. The monoisotopic (exact) mass is 248 g/mol. The van der Waals surface area contributed by atoms with Gasteiger partial charge in [-0.1, -0.05) is 21.6 Å². The van der Waals surface area contributed by atoms with Crippen LogP contribution in [0.1, 0.15) is 6.42 Å². The van der Waals surface area contributed by atoms with Crippen LogP contribution < -0.4 is 0 Å². The van der Waals surface area contributed by atoms with E-state index in [4.69, 9.17) is 4.55 Å². The largest absolute Gasteiger partial charge is 0.286 e. The van der Waals surface area contributed by atoms with Crippen molar-refractivity contribution in [3.8, 4) is 0 Å². The summed E-state index contributed by atoms with van der Waals surface area (Å²) in [4.78, 5) is 0. The third-order valence-electron chi connectivity index (χ3n) is 0.748. The molecular formula is C4H10Na2O3S3. The molecule has 0 saturated carbocycles. The normalized spacial score (nSPS) is 9.83. The Hall–Kier alpha value is 2.61. The average Bonchev–Trinajstić information content (AvgIpc) is 1.78. The number of hydrogen-bond acceptors (Lipinski definition) is 4. The van der Waals surface area contributed by atoms with Crippen molar-refractivity contribution in [1.82, 2.24) is 0 Å². The average molecular weight is 248 g/mol. The van der Waals surface area contributed by atoms with Crippen LogP contribution in [-0.2, 0) is 10.1 Å². The van der Waals surface area contributed by atoms with E-state index in [9.17, 15) is 8.42 Å². The zero-order valence-corrected chi connectivity index (χ0v) is 14.1. The molecule has 0 spiro atoms. The van der Waals surface area contributed by atoms with Gasteiger partial charge in [0, 0.05) is 64.9 Å². The standard InChI is InChI=1S/C4H10O3S3.2Na/c1-8-9-3-2-4-10(5,6)7;;/h2-4H2,1H3,(H,5,6,7);;. The molecule has 64 valence electrons. The zero-order chi connectivity index (χ0) is 8.04. The summed E-state index contributed by atoms with van der Waals surface area (Å²) in [5.74, 6) is 0.640. The van der Waals surface area contributed by atoms with E-state index in [1.165, 1.54) is 0 Å². The van der Waals surface area contributed by atoms with Crippen molar-refractivity contribution in [2.45, 2.75) is 6.42 Å². The molecule has 3 nitrogen and oxygen atoms in total. The van der Waals surface area contributed by atoms with Gasteiger partial charge in [-0.05, 0) is 12.7 Å². The first-order valence-electron chi connectivity index (χ1n) is 2.67. The molecule has 0 bridgehead atoms. The predicted octanol–water partition coefficient (Wildman–Crippen LogP) is 0.514. The van der Waals surface area contributed by atoms with Gasteiger partial charge >= 0.3 is 0 Å². The molecule has 0 heterocycles. The number of rotatable bonds is 5. The topological polar surface area (TPSA) is 54.4 Å². The van der Waals surface area contributed by atoms with E-state index in [-0.39, 0.29) is 64.9 Å². The van der Waals surface area contributed by atoms with Crippen LogP contribution >= 0.6 is 21.6 Å². The smallest absolute Gasteiger partial charge is 0.264 e. The van der Waals surface area contributed by atoms with E-state index >= 15 is 0 Å². The van der Waals surface area contributed by atoms with Crippen molar-refractivity contribution in [3.05, 3.63) is 0 Å². The van der Waals surface area contributed by atoms with Crippen LogP contribution in [0.5, 0.6) is 0 Å². The summed E-state index contributed by atoms with van der Waals surface area (Å²) in [5, 5.41) is 0. The molecule has 2 radical (unpaired) electrons. The first-order valence-corrected chi connectivity index (χ1v) is 7.00. The van der Waals surface area contributed by atoms with Gasteiger partial charge in [-0.2, -0.15) is 8.42 Å². The van der Waals surface area contributed by atoms with Crippen molar-refractivity contribution >= 4 is 90.8 Å². The minimum Gasteiger partial charge on any atom is -0.286 e. The third kappa shape index (κ3) is 18.4. The molecular weight excluding hydrogens is 238 g/mol. The van der Waals surface area contributed by atoms with Gasteiger partial charge in [-0.15, -0.1) is 0 Å². The Morgan fingerprint density at radius 1 is 1.33 bits per heavy atom. The van der Waals surface area contributed by atoms with Crippen molar-refractivity contribution < 1.29 is 13.0 Å². The molecule has 12 heavy (non-hydrogen) atoms. The molecule has 0 aliphatic heterocycles. The quantitative estimate of drug-likeness (QED) is 0.332. The van der Waals surface area contributed by atoms with Crippen LogP contribution in [0.4, 0.5) is 0 Å². The fraction of sp³-hybridized carbons (Fsp3) is 1.00. The maximum Gasteiger partial charge on any atom is 0.264 e. The summed E-state index contributed by atoms with van der Waals surface area (Å²) < 4.78 is 28.5. The molecule has 0 rings (SSSR count). The third-order valence-corrected chi connectivity index (χ3v) is 3.45. The molecule has 0 saturated heterocycles. The van der Waals surface area contributed by atoms with E-state index in [1.807, 2.05) is 6.26 Å². The first-order chi connectivity index (χ1) is 4.56. The van der Waals surface area contributed by atoms with Gasteiger partial charge in [0.05, 0.1) is 5.75 Å². The Morgan fingerprint density at radius 3 is 2.17 bits per heavy atom. The Labute approximate surface area is 126 Å². The summed E-state index contributed by atoms with van der Waals surface area (Å²) in [6, 6.07) is 0. The van der Waals surface area contributed by atoms with Gasteiger partial charge in [0.1, 0.15) is 0 Å². The van der Waals surface area contributed by atoms with Crippen LogP contribution in [0.2, 0.25) is 0 Å². The van der Waals surface area contributed by atoms with Crippen molar-refractivity contribution in [2.75, 3.05) is 17.8 Å². The molecule has 1 N–H and O–H groups in total. The van der Waals surface area contributed by atoms with E-state index in [2.05, 4.69) is 0 Å². The molecule has 8 heteroatoms. The second kappa shape index (κ2) is 11.7. The molecule has 0 fully saturated rings. The van der Waals surface area contributed by atoms with Crippen molar-refractivity contribution in [3.63, 3.8) is 0 Å². The molecule has 0 unspecified atom stereocenters. The Balaban J connectivity index is -0.000000405. The summed E-state index contributed by atoms with van der Waals surface area (Å²) in [6.45, 7) is 0. The van der Waals surface area contributed by atoms with Crippen LogP contribution in [0.25, 0.3) is 0 Å². The second-order valence-corrected chi connectivity index (χ2v) is 5.88. The minimum atomic E-state index is -3.73. The fourth-order valence-corrected chi connectivity index (χ4v) is 2.36. The van der Waals surface area contributed by atoms with Gasteiger partial charge in [0.25, 0.3) is 10.1 Å². The fourth-order valence-electron chi connectivity index (χ4n) is 0.384. The molecule has 0 aliphatic carbocycles. The maximum atomic E-state index is 10.1. The zero-order valence-electron chi connectivity index (χ0n) is 7.61. The Bertz CT molecular complexity index is 170. The van der Waals surface area contributed by atoms with Crippen molar-refractivity contribution in [2.24, 2.45) is 0 Å². The van der Waals surface area contributed by atoms with Gasteiger partial charge in [0.2, 0.25) is 0 Å². The SMILES string of the molecule is CSSCCCS(=O)(=O)O.[Na].[Na]. The van der Waals surface area contributed by atoms with Gasteiger partial charge in [0.15, 0.2) is 0 Å². The van der Waals surface area contributed by atoms with Crippen LogP contribution in [0, 0.1) is 0 Å². The van der Waals surface area contributed by atoms with Crippen LogP contribution in [0.3, 0.4) is 0 Å². The summed E-state index contributed by atoms with van der Waals surface area (Å²) in [5.41, 5.74) is 0. The van der Waals surface area contributed by atoms with E-state index < -0.39 is 10.1 Å². The minimum absolute atomic E-state index is 0. The molecule has 0 aromatic heterocycles. The van der Waals surface area contributed by atoms with Gasteiger partial charge in [-0.25, -0.2) is 0 Å². The predicted molar refractivity (Wildman–Crippen MR) is 58.5 cm³/mol. The summed E-state index contributed by atoms with van der Waals surface area (Å²) in [6.07, 6.45) is 2.45. The Kier molecular flexibility index (Phi) is 19.5. The van der Waals surface area contributed by atoms with E-state index in [0.29, 0.717) is 6.42 Å². The summed E-state index contributed by atoms with van der Waals surface area (Å²) in [7, 11) is -0.545. The van der Waals surface area contributed by atoms with Crippen molar-refractivity contribution in [1.29, 1.82) is 0 Å².